The van der Waals surface area contributed by atoms with Crippen LogP contribution in [0.2, 0.25) is 0 Å². The lowest BCUT2D eigenvalue weighted by Gasteiger charge is -2.14. The molecular weight excluding hydrogens is 387 g/mol. The predicted octanol–water partition coefficient (Wildman–Crippen LogP) is 5.57. The largest absolute Gasteiger partial charge is 0.477 e. The molecule has 2 rings (SSSR count). The normalized spacial score (nSPS) is 11.4. The summed E-state index contributed by atoms with van der Waals surface area (Å²) in [4.78, 5) is 7.61. The van der Waals surface area contributed by atoms with Crippen LogP contribution in [0.1, 0.15) is 31.7 Å². The molecule has 0 radical (unpaired) electrons. The third kappa shape index (κ3) is 5.36. The van der Waals surface area contributed by atoms with E-state index in [9.17, 15) is 13.2 Å². The topological polar surface area (TPSA) is 47.0 Å². The van der Waals surface area contributed by atoms with E-state index in [1.165, 1.54) is 0 Å². The van der Waals surface area contributed by atoms with E-state index in [0.29, 0.717) is 12.1 Å². The first-order valence-electron chi connectivity index (χ1n) is 7.49. The molecule has 1 N–H and O–H groups in total. The molecule has 0 unspecified atom stereocenters. The average Bonchev–Trinajstić information content (AvgIpc) is 2.53. The second-order valence-electron chi connectivity index (χ2n) is 5.10. The number of alkyl halides is 3. The van der Waals surface area contributed by atoms with Crippen LogP contribution in [-0.4, -0.2) is 16.6 Å². The maximum atomic E-state index is 13.0. The van der Waals surface area contributed by atoms with Crippen molar-refractivity contribution in [1.29, 1.82) is 0 Å². The van der Waals surface area contributed by atoms with Crippen molar-refractivity contribution >= 4 is 27.6 Å². The van der Waals surface area contributed by atoms with E-state index in [-0.39, 0.29) is 12.6 Å². The summed E-state index contributed by atoms with van der Waals surface area (Å²) in [5, 5.41) is 2.86. The van der Waals surface area contributed by atoms with Gasteiger partial charge in [0, 0.05) is 16.4 Å². The lowest BCUT2D eigenvalue weighted by atomic mass is 10.3. The molecule has 2 aromatic rings. The molecule has 0 bridgehead atoms. The van der Waals surface area contributed by atoms with Crippen LogP contribution in [0, 0.1) is 0 Å². The summed E-state index contributed by atoms with van der Waals surface area (Å²) >= 11 is 3.31. The highest BCUT2D eigenvalue weighted by molar-refractivity contribution is 9.10. The van der Waals surface area contributed by atoms with Crippen molar-refractivity contribution in [3.8, 4) is 5.88 Å². The van der Waals surface area contributed by atoms with Gasteiger partial charge < -0.3 is 10.1 Å². The molecule has 130 valence electrons. The molecule has 0 atom stereocenters. The van der Waals surface area contributed by atoms with Crippen LogP contribution in [-0.2, 0) is 6.18 Å². The second-order valence-corrected chi connectivity index (χ2v) is 6.01. The van der Waals surface area contributed by atoms with E-state index >= 15 is 0 Å². The molecule has 8 heteroatoms. The van der Waals surface area contributed by atoms with Gasteiger partial charge in [-0.05, 0) is 30.7 Å². The van der Waals surface area contributed by atoms with E-state index in [0.717, 1.165) is 23.5 Å². The quantitative estimate of drug-likeness (QED) is 0.613. The van der Waals surface area contributed by atoms with E-state index in [1.54, 1.807) is 24.3 Å². The molecule has 0 saturated heterocycles. The van der Waals surface area contributed by atoms with Crippen molar-refractivity contribution in [3.05, 3.63) is 40.5 Å². The van der Waals surface area contributed by atoms with Gasteiger partial charge in [-0.3, -0.25) is 0 Å². The predicted molar refractivity (Wildman–Crippen MR) is 89.5 cm³/mol. The molecule has 0 aliphatic carbocycles. The summed E-state index contributed by atoms with van der Waals surface area (Å²) < 4.78 is 45.3. The van der Waals surface area contributed by atoms with Crippen LogP contribution >= 0.6 is 15.9 Å². The fourth-order valence-electron chi connectivity index (χ4n) is 1.91. The number of anilines is 2. The Morgan fingerprint density at radius 2 is 1.88 bits per heavy atom. The molecule has 1 heterocycles. The highest BCUT2D eigenvalue weighted by atomic mass is 79.9. The minimum absolute atomic E-state index is 0.0517. The van der Waals surface area contributed by atoms with Crippen molar-refractivity contribution in [1.82, 2.24) is 9.97 Å². The number of unbranched alkanes of at least 4 members (excludes halogenated alkanes) is 2. The fourth-order valence-corrected chi connectivity index (χ4v) is 2.18. The van der Waals surface area contributed by atoms with Crippen molar-refractivity contribution in [3.63, 3.8) is 0 Å². The van der Waals surface area contributed by atoms with E-state index in [4.69, 9.17) is 4.74 Å². The van der Waals surface area contributed by atoms with Gasteiger partial charge in [0.2, 0.25) is 11.8 Å². The Labute approximate surface area is 146 Å². The van der Waals surface area contributed by atoms with Crippen LogP contribution in [0.15, 0.2) is 34.9 Å². The van der Waals surface area contributed by atoms with Crippen molar-refractivity contribution in [2.45, 2.75) is 32.4 Å². The molecule has 0 aliphatic heterocycles. The zero-order chi connectivity index (χ0) is 17.6. The molecular formula is C16H17BrF3N3O. The number of benzene rings is 1. The number of rotatable bonds is 7. The molecule has 1 aromatic carbocycles. The lowest BCUT2D eigenvalue weighted by Crippen LogP contribution is -2.13. The number of hydrogen-bond acceptors (Lipinski definition) is 4. The molecule has 0 amide bonds. The number of aromatic nitrogens is 2. The van der Waals surface area contributed by atoms with E-state index in [1.807, 2.05) is 6.92 Å². The standard InChI is InChI=1S/C16H17BrF3N3O/c1-2-3-4-9-24-14-13(16(18,19)20)10-21-15(23-14)22-12-7-5-11(17)6-8-12/h5-8,10H,2-4,9H2,1H3,(H,21,22,23). The third-order valence-electron chi connectivity index (χ3n) is 3.15. The fraction of sp³-hybridized carbons (Fsp3) is 0.375. The van der Waals surface area contributed by atoms with Crippen LogP contribution in [0.25, 0.3) is 0 Å². The summed E-state index contributed by atoms with van der Waals surface area (Å²) in [5.74, 6) is -0.399. The summed E-state index contributed by atoms with van der Waals surface area (Å²) in [6.07, 6.45) is -1.31. The van der Waals surface area contributed by atoms with Gasteiger partial charge in [0.1, 0.15) is 5.56 Å². The number of hydrogen-bond donors (Lipinski definition) is 1. The average molecular weight is 404 g/mol. The van der Waals surface area contributed by atoms with Crippen LogP contribution in [0.4, 0.5) is 24.8 Å². The molecule has 0 saturated carbocycles. The first-order chi connectivity index (χ1) is 11.4. The highest BCUT2D eigenvalue weighted by Gasteiger charge is 2.36. The maximum Gasteiger partial charge on any atom is 0.423 e. The first kappa shape index (κ1) is 18.5. The van der Waals surface area contributed by atoms with Crippen molar-refractivity contribution in [2.75, 3.05) is 11.9 Å². The van der Waals surface area contributed by atoms with E-state index < -0.39 is 17.6 Å². The number of ether oxygens (including phenoxy) is 1. The Hall–Kier alpha value is -1.83. The van der Waals surface area contributed by atoms with Crippen LogP contribution in [0.5, 0.6) is 5.88 Å². The number of halogens is 4. The Kier molecular flexibility index (Phi) is 6.42. The van der Waals surface area contributed by atoms with Gasteiger partial charge in [-0.2, -0.15) is 18.2 Å². The maximum absolute atomic E-state index is 13.0. The monoisotopic (exact) mass is 403 g/mol. The second kappa shape index (κ2) is 8.32. The van der Waals surface area contributed by atoms with E-state index in [2.05, 4.69) is 31.2 Å². The zero-order valence-electron chi connectivity index (χ0n) is 13.0. The Balaban J connectivity index is 2.19. The molecule has 0 aliphatic rings. The van der Waals surface area contributed by atoms with Gasteiger partial charge in [0.05, 0.1) is 6.61 Å². The van der Waals surface area contributed by atoms with Gasteiger partial charge in [-0.1, -0.05) is 35.7 Å². The highest BCUT2D eigenvalue weighted by Crippen LogP contribution is 2.35. The lowest BCUT2D eigenvalue weighted by molar-refractivity contribution is -0.139. The smallest absolute Gasteiger partial charge is 0.423 e. The summed E-state index contributed by atoms with van der Waals surface area (Å²) in [6.45, 7) is 2.19. The Morgan fingerprint density at radius 3 is 2.50 bits per heavy atom. The minimum Gasteiger partial charge on any atom is -0.477 e. The molecule has 0 spiro atoms. The Bertz CT molecular complexity index is 663. The summed E-state index contributed by atoms with van der Waals surface area (Å²) in [7, 11) is 0. The Morgan fingerprint density at radius 1 is 1.17 bits per heavy atom. The molecule has 4 nitrogen and oxygen atoms in total. The summed E-state index contributed by atoms with van der Waals surface area (Å²) in [6, 6.07) is 7.11. The van der Waals surface area contributed by atoms with Crippen LogP contribution < -0.4 is 10.1 Å². The van der Waals surface area contributed by atoms with Gasteiger partial charge in [0.15, 0.2) is 0 Å². The zero-order valence-corrected chi connectivity index (χ0v) is 14.6. The number of nitrogens with one attached hydrogen (secondary N) is 1. The molecule has 1 aromatic heterocycles. The van der Waals surface area contributed by atoms with Gasteiger partial charge in [-0.25, -0.2) is 4.98 Å². The summed E-state index contributed by atoms with van der Waals surface area (Å²) in [5.41, 5.74) is -0.310. The van der Waals surface area contributed by atoms with Gasteiger partial charge >= 0.3 is 6.18 Å². The third-order valence-corrected chi connectivity index (χ3v) is 3.67. The first-order valence-corrected chi connectivity index (χ1v) is 8.29. The molecule has 0 fully saturated rings. The minimum atomic E-state index is -4.56. The van der Waals surface area contributed by atoms with Crippen molar-refractivity contribution < 1.29 is 17.9 Å². The van der Waals surface area contributed by atoms with Gasteiger partial charge in [-0.15, -0.1) is 0 Å². The number of nitrogens with zero attached hydrogens (tertiary/aromatic N) is 2. The van der Waals surface area contributed by atoms with Crippen molar-refractivity contribution in [2.24, 2.45) is 0 Å². The SMILES string of the molecule is CCCCCOc1nc(Nc2ccc(Br)cc2)ncc1C(F)(F)F. The van der Waals surface area contributed by atoms with Gasteiger partial charge in [0.25, 0.3) is 0 Å². The molecule has 24 heavy (non-hydrogen) atoms. The van der Waals surface area contributed by atoms with Crippen LogP contribution in [0.3, 0.4) is 0 Å².